The molecule has 1 saturated heterocycles. The third kappa shape index (κ3) is 3.93. The number of amides is 1. The number of phenols is 1. The first-order valence-corrected chi connectivity index (χ1v) is 6.80. The van der Waals surface area contributed by atoms with Crippen LogP contribution < -0.4 is 11.2 Å². The van der Waals surface area contributed by atoms with Crippen LogP contribution in [0.3, 0.4) is 0 Å². The lowest BCUT2D eigenvalue weighted by Gasteiger charge is -2.21. The van der Waals surface area contributed by atoms with Gasteiger partial charge >= 0.3 is 5.97 Å². The molecule has 2 rings (SSSR count). The van der Waals surface area contributed by atoms with Crippen LogP contribution in [0.5, 0.6) is 5.75 Å². The molecule has 0 spiro atoms. The van der Waals surface area contributed by atoms with E-state index in [1.54, 1.807) is 12.1 Å². The van der Waals surface area contributed by atoms with Gasteiger partial charge in [0.25, 0.3) is 0 Å². The Morgan fingerprint density at radius 1 is 1.38 bits per heavy atom. The van der Waals surface area contributed by atoms with Crippen molar-refractivity contribution in [1.82, 2.24) is 10.3 Å². The van der Waals surface area contributed by atoms with Crippen molar-refractivity contribution in [3.8, 4) is 5.75 Å². The number of hydrogen-bond acceptors (Lipinski definition) is 5. The van der Waals surface area contributed by atoms with Gasteiger partial charge in [-0.3, -0.25) is 10.6 Å². The second kappa shape index (κ2) is 6.55. The molecule has 0 radical (unpaired) electrons. The second-order valence-corrected chi connectivity index (χ2v) is 5.17. The Morgan fingerprint density at radius 2 is 2.05 bits per heavy atom. The summed E-state index contributed by atoms with van der Waals surface area (Å²) in [6, 6.07) is 4.73. The fourth-order valence-corrected chi connectivity index (χ4v) is 2.41. The third-order valence-corrected chi connectivity index (χ3v) is 3.59. The van der Waals surface area contributed by atoms with Crippen LogP contribution in [0, 0.1) is 0 Å². The largest absolute Gasteiger partial charge is 0.508 e. The van der Waals surface area contributed by atoms with E-state index in [1.807, 2.05) is 0 Å². The van der Waals surface area contributed by atoms with Gasteiger partial charge in [0.05, 0.1) is 0 Å². The van der Waals surface area contributed by atoms with E-state index in [0.717, 1.165) is 12.0 Å². The number of carboxylic acids is 1. The SMILES string of the molecule is NN1CCC[C@H]1C(=O)N[C@@H](Cc1ccc(O)cc1)C(=O)O. The first kappa shape index (κ1) is 15.3. The highest BCUT2D eigenvalue weighted by atomic mass is 16.4. The van der Waals surface area contributed by atoms with E-state index < -0.39 is 18.1 Å². The van der Waals surface area contributed by atoms with Crippen LogP contribution in [-0.4, -0.2) is 45.7 Å². The number of carbonyl (C=O) groups is 2. The van der Waals surface area contributed by atoms with Crippen LogP contribution in [0.25, 0.3) is 0 Å². The average Bonchev–Trinajstić information content (AvgIpc) is 2.86. The van der Waals surface area contributed by atoms with Gasteiger partial charge in [-0.25, -0.2) is 9.80 Å². The number of nitrogens with two attached hydrogens (primary N) is 1. The van der Waals surface area contributed by atoms with Gasteiger partial charge in [0.15, 0.2) is 0 Å². The monoisotopic (exact) mass is 293 g/mol. The topological polar surface area (TPSA) is 116 Å². The molecule has 1 amide bonds. The van der Waals surface area contributed by atoms with E-state index in [2.05, 4.69) is 5.32 Å². The number of carboxylic acid groups (broad SMARTS) is 1. The summed E-state index contributed by atoms with van der Waals surface area (Å²) in [6.07, 6.45) is 1.61. The molecule has 1 aromatic carbocycles. The Labute approximate surface area is 122 Å². The zero-order valence-corrected chi connectivity index (χ0v) is 11.5. The van der Waals surface area contributed by atoms with Crippen molar-refractivity contribution in [3.63, 3.8) is 0 Å². The number of aliphatic carboxylic acids is 1. The third-order valence-electron chi connectivity index (χ3n) is 3.59. The molecular formula is C14H19N3O4. The molecule has 0 saturated carbocycles. The van der Waals surface area contributed by atoms with Crippen molar-refractivity contribution in [3.05, 3.63) is 29.8 Å². The van der Waals surface area contributed by atoms with Crippen LogP contribution in [0.1, 0.15) is 18.4 Å². The molecule has 1 aliphatic rings. The zero-order valence-electron chi connectivity index (χ0n) is 11.5. The second-order valence-electron chi connectivity index (χ2n) is 5.17. The zero-order chi connectivity index (χ0) is 15.4. The maximum Gasteiger partial charge on any atom is 0.326 e. The molecule has 1 aliphatic heterocycles. The minimum Gasteiger partial charge on any atom is -0.508 e. The Balaban J connectivity index is 2.00. The number of nitrogens with zero attached hydrogens (tertiary/aromatic N) is 1. The fraction of sp³-hybridized carbons (Fsp3) is 0.429. The molecule has 7 heteroatoms. The average molecular weight is 293 g/mol. The van der Waals surface area contributed by atoms with Gasteiger partial charge in [-0.05, 0) is 30.5 Å². The lowest BCUT2D eigenvalue weighted by molar-refractivity contribution is -0.142. The van der Waals surface area contributed by atoms with Gasteiger partial charge in [0.1, 0.15) is 17.8 Å². The summed E-state index contributed by atoms with van der Waals surface area (Å²) in [5.41, 5.74) is 0.719. The maximum atomic E-state index is 12.1. The molecule has 7 nitrogen and oxygen atoms in total. The molecule has 2 atom stereocenters. The maximum absolute atomic E-state index is 12.1. The fourth-order valence-electron chi connectivity index (χ4n) is 2.41. The van der Waals surface area contributed by atoms with Crippen molar-refractivity contribution >= 4 is 11.9 Å². The Hall–Kier alpha value is -2.12. The molecule has 1 fully saturated rings. The smallest absolute Gasteiger partial charge is 0.326 e. The minimum absolute atomic E-state index is 0.111. The summed E-state index contributed by atoms with van der Waals surface area (Å²) in [6.45, 7) is 0.633. The first-order chi connectivity index (χ1) is 9.97. The van der Waals surface area contributed by atoms with Crippen LogP contribution >= 0.6 is 0 Å². The van der Waals surface area contributed by atoms with E-state index in [1.165, 1.54) is 17.1 Å². The van der Waals surface area contributed by atoms with Gasteiger partial charge in [-0.15, -0.1) is 0 Å². The van der Waals surface area contributed by atoms with Gasteiger partial charge in [-0.1, -0.05) is 12.1 Å². The van der Waals surface area contributed by atoms with Crippen molar-refractivity contribution in [2.45, 2.75) is 31.3 Å². The molecule has 21 heavy (non-hydrogen) atoms. The summed E-state index contributed by atoms with van der Waals surface area (Å²) in [7, 11) is 0. The highest BCUT2D eigenvalue weighted by Crippen LogP contribution is 2.14. The van der Waals surface area contributed by atoms with E-state index in [9.17, 15) is 19.8 Å². The van der Waals surface area contributed by atoms with E-state index >= 15 is 0 Å². The molecule has 0 unspecified atom stereocenters. The Kier molecular flexibility index (Phi) is 4.77. The van der Waals surface area contributed by atoms with Crippen molar-refractivity contribution in [2.24, 2.45) is 5.84 Å². The quantitative estimate of drug-likeness (QED) is 0.561. The number of hydrazine groups is 1. The Bertz CT molecular complexity index is 517. The van der Waals surface area contributed by atoms with E-state index in [0.29, 0.717) is 13.0 Å². The molecule has 0 aliphatic carbocycles. The molecular weight excluding hydrogens is 274 g/mol. The molecule has 1 heterocycles. The number of phenolic OH excluding ortho intramolecular Hbond substituents is 1. The van der Waals surface area contributed by atoms with E-state index in [-0.39, 0.29) is 18.1 Å². The Morgan fingerprint density at radius 3 is 2.57 bits per heavy atom. The summed E-state index contributed by atoms with van der Waals surface area (Å²) in [5, 5.41) is 22.4. The lowest BCUT2D eigenvalue weighted by Crippen LogP contribution is -2.51. The van der Waals surface area contributed by atoms with Crippen LogP contribution in [0.4, 0.5) is 0 Å². The van der Waals surface area contributed by atoms with Gasteiger partial charge in [-0.2, -0.15) is 0 Å². The summed E-state index contributed by atoms with van der Waals surface area (Å²) < 4.78 is 0. The van der Waals surface area contributed by atoms with Gasteiger partial charge in [0, 0.05) is 13.0 Å². The molecule has 114 valence electrons. The predicted octanol–water partition coefficient (Wildman–Crippen LogP) is -0.158. The highest BCUT2D eigenvalue weighted by Gasteiger charge is 2.31. The summed E-state index contributed by atoms with van der Waals surface area (Å²) in [5.74, 6) is 4.35. The number of benzene rings is 1. The van der Waals surface area contributed by atoms with Gasteiger partial charge < -0.3 is 15.5 Å². The van der Waals surface area contributed by atoms with Crippen LogP contribution in [-0.2, 0) is 16.0 Å². The van der Waals surface area contributed by atoms with E-state index in [4.69, 9.17) is 5.84 Å². The molecule has 0 aromatic heterocycles. The van der Waals surface area contributed by atoms with Crippen LogP contribution in [0.15, 0.2) is 24.3 Å². The van der Waals surface area contributed by atoms with Gasteiger partial charge in [0.2, 0.25) is 5.91 Å². The predicted molar refractivity (Wildman–Crippen MR) is 75.3 cm³/mol. The molecule has 5 N–H and O–H groups in total. The molecule has 0 bridgehead atoms. The number of nitrogens with one attached hydrogen (secondary N) is 1. The number of hydrogen-bond donors (Lipinski definition) is 4. The number of aromatic hydroxyl groups is 1. The number of carbonyl (C=O) groups excluding carboxylic acids is 1. The highest BCUT2D eigenvalue weighted by molar-refractivity contribution is 5.87. The standard InChI is InChI=1S/C14H19N3O4/c15-17-7-1-2-12(17)13(19)16-11(14(20)21)8-9-3-5-10(18)6-4-9/h3-6,11-12,18H,1-2,7-8,15H2,(H,16,19)(H,20,21)/t11-,12-/m0/s1. The normalized spacial score (nSPS) is 20.1. The van der Waals surface area contributed by atoms with Crippen molar-refractivity contribution in [2.75, 3.05) is 6.54 Å². The summed E-state index contributed by atoms with van der Waals surface area (Å²) in [4.78, 5) is 23.4. The molecule has 1 aromatic rings. The van der Waals surface area contributed by atoms with Crippen molar-refractivity contribution in [1.29, 1.82) is 0 Å². The van der Waals surface area contributed by atoms with Crippen LogP contribution in [0.2, 0.25) is 0 Å². The van der Waals surface area contributed by atoms with Crippen molar-refractivity contribution < 1.29 is 19.8 Å². The first-order valence-electron chi connectivity index (χ1n) is 6.80. The summed E-state index contributed by atoms with van der Waals surface area (Å²) >= 11 is 0. The number of rotatable bonds is 5. The minimum atomic E-state index is -1.10. The lowest BCUT2D eigenvalue weighted by atomic mass is 10.1.